The van der Waals surface area contributed by atoms with Crippen molar-refractivity contribution in [1.29, 1.82) is 0 Å². The molecule has 0 amide bonds. The van der Waals surface area contributed by atoms with E-state index >= 15 is 0 Å². The van der Waals surface area contributed by atoms with Crippen LogP contribution in [0.4, 0.5) is 11.6 Å². The van der Waals surface area contributed by atoms with Crippen LogP contribution in [0, 0.1) is 0 Å². The lowest BCUT2D eigenvalue weighted by atomic mass is 10.3. The second kappa shape index (κ2) is 5.07. The standard InChI is InChI=1S/C13H10ClN5/c14-12-8-11(6-7-15-12)19-9-16-13(18-19)17-10-4-2-1-3-5-10/h1-9H,(H,17,18). The predicted molar refractivity (Wildman–Crippen MR) is 73.9 cm³/mol. The largest absolute Gasteiger partial charge is 0.323 e. The van der Waals surface area contributed by atoms with Crippen molar-refractivity contribution < 1.29 is 0 Å². The highest BCUT2D eigenvalue weighted by Gasteiger charge is 2.03. The van der Waals surface area contributed by atoms with Crippen molar-refractivity contribution in [1.82, 2.24) is 19.7 Å². The molecule has 1 aromatic carbocycles. The Morgan fingerprint density at radius 3 is 2.68 bits per heavy atom. The maximum Gasteiger partial charge on any atom is 0.246 e. The molecule has 2 heterocycles. The molecule has 3 aromatic rings. The van der Waals surface area contributed by atoms with Crippen LogP contribution in [0.15, 0.2) is 55.0 Å². The van der Waals surface area contributed by atoms with Crippen molar-refractivity contribution in [2.45, 2.75) is 0 Å². The fourth-order valence-electron chi connectivity index (χ4n) is 1.63. The van der Waals surface area contributed by atoms with Gasteiger partial charge in [-0.3, -0.25) is 0 Å². The first-order valence-corrected chi connectivity index (χ1v) is 6.05. The summed E-state index contributed by atoms with van der Waals surface area (Å²) in [6, 6.07) is 13.3. The molecular weight excluding hydrogens is 262 g/mol. The molecule has 0 fully saturated rings. The van der Waals surface area contributed by atoms with Gasteiger partial charge >= 0.3 is 0 Å². The van der Waals surface area contributed by atoms with Crippen LogP contribution in [-0.2, 0) is 0 Å². The van der Waals surface area contributed by atoms with Crippen molar-refractivity contribution in [3.63, 3.8) is 0 Å². The average molecular weight is 272 g/mol. The fraction of sp³-hybridized carbons (Fsp3) is 0. The fourth-order valence-corrected chi connectivity index (χ4v) is 1.80. The lowest BCUT2D eigenvalue weighted by Crippen LogP contribution is -1.97. The van der Waals surface area contributed by atoms with Gasteiger partial charge in [0.15, 0.2) is 0 Å². The molecule has 2 aromatic heterocycles. The lowest BCUT2D eigenvalue weighted by molar-refractivity contribution is 0.879. The molecule has 0 aliphatic rings. The van der Waals surface area contributed by atoms with Gasteiger partial charge in [0, 0.05) is 18.0 Å². The monoisotopic (exact) mass is 271 g/mol. The highest BCUT2D eigenvalue weighted by atomic mass is 35.5. The first-order valence-electron chi connectivity index (χ1n) is 5.67. The molecule has 0 radical (unpaired) electrons. The van der Waals surface area contributed by atoms with E-state index in [1.54, 1.807) is 23.3 Å². The molecule has 0 saturated heterocycles. The Hall–Kier alpha value is -2.40. The molecule has 0 unspecified atom stereocenters. The van der Waals surface area contributed by atoms with E-state index in [1.807, 2.05) is 36.4 Å². The van der Waals surface area contributed by atoms with Gasteiger partial charge in [-0.25, -0.2) is 9.67 Å². The molecule has 19 heavy (non-hydrogen) atoms. The van der Waals surface area contributed by atoms with Gasteiger partial charge in [0.05, 0.1) is 5.69 Å². The topological polar surface area (TPSA) is 55.6 Å². The minimum absolute atomic E-state index is 0.422. The zero-order valence-electron chi connectivity index (χ0n) is 9.86. The lowest BCUT2D eigenvalue weighted by Gasteiger charge is -2.01. The second-order valence-corrected chi connectivity index (χ2v) is 4.23. The predicted octanol–water partition coefficient (Wildman–Crippen LogP) is 3.06. The molecule has 0 aliphatic carbocycles. The molecule has 3 rings (SSSR count). The van der Waals surface area contributed by atoms with E-state index in [-0.39, 0.29) is 0 Å². The quantitative estimate of drug-likeness (QED) is 0.744. The van der Waals surface area contributed by atoms with Gasteiger partial charge in [-0.15, -0.1) is 5.10 Å². The number of hydrogen-bond acceptors (Lipinski definition) is 4. The first-order chi connectivity index (χ1) is 9.31. The smallest absolute Gasteiger partial charge is 0.246 e. The van der Waals surface area contributed by atoms with Crippen LogP contribution in [-0.4, -0.2) is 19.7 Å². The Labute approximate surface area is 114 Å². The minimum Gasteiger partial charge on any atom is -0.323 e. The summed E-state index contributed by atoms with van der Waals surface area (Å²) in [4.78, 5) is 8.12. The summed E-state index contributed by atoms with van der Waals surface area (Å²) in [5.74, 6) is 0.527. The van der Waals surface area contributed by atoms with E-state index in [9.17, 15) is 0 Å². The molecule has 0 atom stereocenters. The van der Waals surface area contributed by atoms with Gasteiger partial charge in [0.1, 0.15) is 11.5 Å². The number of pyridine rings is 1. The van der Waals surface area contributed by atoms with E-state index in [2.05, 4.69) is 20.4 Å². The van der Waals surface area contributed by atoms with Gasteiger partial charge in [-0.05, 0) is 18.2 Å². The molecule has 1 N–H and O–H groups in total. The third-order valence-electron chi connectivity index (χ3n) is 2.50. The molecule has 94 valence electrons. The molecular formula is C13H10ClN5. The number of hydrogen-bond donors (Lipinski definition) is 1. The summed E-state index contributed by atoms with van der Waals surface area (Å²) in [5.41, 5.74) is 1.75. The van der Waals surface area contributed by atoms with Crippen molar-refractivity contribution >= 4 is 23.2 Å². The summed E-state index contributed by atoms with van der Waals surface area (Å²) < 4.78 is 1.64. The van der Waals surface area contributed by atoms with E-state index in [1.165, 1.54) is 0 Å². The molecule has 0 spiro atoms. The third kappa shape index (κ3) is 2.71. The third-order valence-corrected chi connectivity index (χ3v) is 2.70. The van der Waals surface area contributed by atoms with E-state index in [0.717, 1.165) is 11.4 Å². The zero-order chi connectivity index (χ0) is 13.1. The van der Waals surface area contributed by atoms with E-state index in [0.29, 0.717) is 11.1 Å². The molecule has 6 heteroatoms. The summed E-state index contributed by atoms with van der Waals surface area (Å²) in [5, 5.41) is 7.86. The highest BCUT2D eigenvalue weighted by Crippen LogP contribution is 2.14. The van der Waals surface area contributed by atoms with Crippen molar-refractivity contribution in [2.24, 2.45) is 0 Å². The molecule has 0 bridgehead atoms. The van der Waals surface area contributed by atoms with Gasteiger partial charge in [0.2, 0.25) is 5.95 Å². The van der Waals surface area contributed by atoms with Gasteiger partial charge in [-0.2, -0.15) is 4.98 Å². The number of anilines is 2. The number of para-hydroxylation sites is 1. The Kier molecular flexibility index (Phi) is 3.12. The Morgan fingerprint density at radius 2 is 1.89 bits per heavy atom. The van der Waals surface area contributed by atoms with Crippen LogP contribution in [0.2, 0.25) is 5.15 Å². The highest BCUT2D eigenvalue weighted by molar-refractivity contribution is 6.29. The van der Waals surface area contributed by atoms with Crippen LogP contribution in [0.25, 0.3) is 5.69 Å². The van der Waals surface area contributed by atoms with Crippen LogP contribution in [0.5, 0.6) is 0 Å². The number of halogens is 1. The second-order valence-electron chi connectivity index (χ2n) is 3.84. The number of benzene rings is 1. The minimum atomic E-state index is 0.422. The van der Waals surface area contributed by atoms with Crippen LogP contribution >= 0.6 is 11.6 Å². The van der Waals surface area contributed by atoms with Crippen molar-refractivity contribution in [3.05, 3.63) is 60.1 Å². The van der Waals surface area contributed by atoms with E-state index in [4.69, 9.17) is 11.6 Å². The Bertz CT molecular complexity index is 680. The maximum absolute atomic E-state index is 5.84. The normalized spacial score (nSPS) is 10.4. The zero-order valence-corrected chi connectivity index (χ0v) is 10.6. The van der Waals surface area contributed by atoms with E-state index < -0.39 is 0 Å². The molecule has 0 aliphatic heterocycles. The summed E-state index contributed by atoms with van der Waals surface area (Å²) in [6.07, 6.45) is 3.25. The number of rotatable bonds is 3. The van der Waals surface area contributed by atoms with Crippen molar-refractivity contribution in [2.75, 3.05) is 5.32 Å². The summed E-state index contributed by atoms with van der Waals surface area (Å²) in [6.45, 7) is 0. The number of nitrogens with zero attached hydrogens (tertiary/aromatic N) is 4. The average Bonchev–Trinajstić information content (AvgIpc) is 2.88. The first kappa shape index (κ1) is 11.7. The van der Waals surface area contributed by atoms with Gasteiger partial charge in [-0.1, -0.05) is 29.8 Å². The Balaban J connectivity index is 1.84. The molecule has 0 saturated carbocycles. The van der Waals surface area contributed by atoms with Gasteiger partial charge < -0.3 is 5.32 Å². The van der Waals surface area contributed by atoms with Crippen LogP contribution in [0.1, 0.15) is 0 Å². The summed E-state index contributed by atoms with van der Waals surface area (Å²) >= 11 is 5.84. The van der Waals surface area contributed by atoms with Crippen LogP contribution in [0.3, 0.4) is 0 Å². The maximum atomic E-state index is 5.84. The number of aromatic nitrogens is 4. The van der Waals surface area contributed by atoms with Crippen LogP contribution < -0.4 is 5.32 Å². The molecule has 5 nitrogen and oxygen atoms in total. The van der Waals surface area contributed by atoms with Gasteiger partial charge in [0.25, 0.3) is 0 Å². The Morgan fingerprint density at radius 1 is 1.05 bits per heavy atom. The SMILES string of the molecule is Clc1cc(-n2cnc(Nc3ccccc3)n2)ccn1. The summed E-state index contributed by atoms with van der Waals surface area (Å²) in [7, 11) is 0. The van der Waals surface area contributed by atoms with Crippen molar-refractivity contribution in [3.8, 4) is 5.69 Å². The number of nitrogens with one attached hydrogen (secondary N) is 1.